The molecule has 0 aliphatic heterocycles. The molecule has 0 saturated carbocycles. The standard InChI is InChI=1S/C12H27NO.C8H12N2O2/c1-4-5-6-7-8-9-10-11-12-13(2)14-3;1-8(2,3)10-5-6(4-9-10)7(11)12/h4-12H2,1-3H3;4-5H,1-3H3,(H,11,12). The van der Waals surface area contributed by atoms with Crippen LogP contribution < -0.4 is 0 Å². The van der Waals surface area contributed by atoms with Gasteiger partial charge in [-0.2, -0.15) is 10.2 Å². The minimum Gasteiger partial charge on any atom is -0.478 e. The van der Waals surface area contributed by atoms with E-state index in [0.29, 0.717) is 0 Å². The van der Waals surface area contributed by atoms with E-state index < -0.39 is 5.97 Å². The lowest BCUT2D eigenvalue weighted by Gasteiger charge is -2.18. The predicted molar refractivity (Wildman–Crippen MR) is 106 cm³/mol. The van der Waals surface area contributed by atoms with E-state index in [4.69, 9.17) is 9.94 Å². The first-order valence-corrected chi connectivity index (χ1v) is 9.76. The zero-order valence-electron chi connectivity index (χ0n) is 17.6. The van der Waals surface area contributed by atoms with Gasteiger partial charge in [-0.05, 0) is 27.2 Å². The molecule has 0 atom stereocenters. The monoisotopic (exact) mass is 369 g/mol. The van der Waals surface area contributed by atoms with E-state index in [1.54, 1.807) is 11.8 Å². The van der Waals surface area contributed by atoms with Crippen molar-refractivity contribution in [3.05, 3.63) is 18.0 Å². The topological polar surface area (TPSA) is 67.6 Å². The fourth-order valence-electron chi connectivity index (χ4n) is 2.36. The van der Waals surface area contributed by atoms with E-state index in [0.717, 1.165) is 6.54 Å². The highest BCUT2D eigenvalue weighted by atomic mass is 16.7. The van der Waals surface area contributed by atoms with Gasteiger partial charge in [-0.1, -0.05) is 51.9 Å². The maximum Gasteiger partial charge on any atom is 0.338 e. The highest BCUT2D eigenvalue weighted by Crippen LogP contribution is 2.12. The van der Waals surface area contributed by atoms with E-state index >= 15 is 0 Å². The third kappa shape index (κ3) is 12.0. The molecule has 1 rings (SSSR count). The Morgan fingerprint density at radius 2 is 1.69 bits per heavy atom. The second-order valence-electron chi connectivity index (χ2n) is 7.66. The largest absolute Gasteiger partial charge is 0.478 e. The van der Waals surface area contributed by atoms with Gasteiger partial charge in [-0.15, -0.1) is 0 Å². The second kappa shape index (κ2) is 13.8. The Hall–Kier alpha value is -1.40. The van der Waals surface area contributed by atoms with Gasteiger partial charge in [0.15, 0.2) is 0 Å². The van der Waals surface area contributed by atoms with Crippen molar-refractivity contribution in [1.82, 2.24) is 14.8 Å². The van der Waals surface area contributed by atoms with Gasteiger partial charge >= 0.3 is 5.97 Å². The lowest BCUT2D eigenvalue weighted by atomic mass is 10.1. The van der Waals surface area contributed by atoms with E-state index in [1.165, 1.54) is 63.8 Å². The second-order valence-corrected chi connectivity index (χ2v) is 7.66. The summed E-state index contributed by atoms with van der Waals surface area (Å²) >= 11 is 0. The van der Waals surface area contributed by atoms with Crippen LogP contribution in [-0.4, -0.2) is 46.6 Å². The summed E-state index contributed by atoms with van der Waals surface area (Å²) in [5, 5.41) is 14.5. The van der Waals surface area contributed by atoms with Gasteiger partial charge in [0.2, 0.25) is 0 Å². The van der Waals surface area contributed by atoms with Crippen LogP contribution in [0.4, 0.5) is 0 Å². The molecule has 26 heavy (non-hydrogen) atoms. The van der Waals surface area contributed by atoms with Gasteiger partial charge in [0, 0.05) is 19.8 Å². The van der Waals surface area contributed by atoms with Gasteiger partial charge in [-0.3, -0.25) is 4.68 Å². The van der Waals surface area contributed by atoms with Crippen LogP contribution in [0.5, 0.6) is 0 Å². The molecular formula is C20H39N3O3. The number of unbranched alkanes of at least 4 members (excludes halogenated alkanes) is 7. The van der Waals surface area contributed by atoms with Crippen LogP contribution in [0, 0.1) is 0 Å². The third-order valence-electron chi connectivity index (χ3n) is 4.16. The van der Waals surface area contributed by atoms with Crippen molar-refractivity contribution in [3.8, 4) is 0 Å². The Labute approximate surface area is 159 Å². The van der Waals surface area contributed by atoms with E-state index in [9.17, 15) is 4.79 Å². The van der Waals surface area contributed by atoms with Crippen molar-refractivity contribution < 1.29 is 14.7 Å². The van der Waals surface area contributed by atoms with Gasteiger partial charge in [0.05, 0.1) is 24.4 Å². The lowest BCUT2D eigenvalue weighted by Crippen LogP contribution is -2.22. The van der Waals surface area contributed by atoms with Crippen LogP contribution in [0.2, 0.25) is 0 Å². The lowest BCUT2D eigenvalue weighted by molar-refractivity contribution is -0.109. The first-order valence-electron chi connectivity index (χ1n) is 9.76. The van der Waals surface area contributed by atoms with Crippen molar-refractivity contribution in [1.29, 1.82) is 0 Å². The van der Waals surface area contributed by atoms with Crippen LogP contribution >= 0.6 is 0 Å². The number of aromatic nitrogens is 2. The highest BCUT2D eigenvalue weighted by molar-refractivity contribution is 5.86. The summed E-state index contributed by atoms with van der Waals surface area (Å²) in [6.45, 7) is 9.22. The van der Waals surface area contributed by atoms with Crippen LogP contribution in [0.1, 0.15) is 89.4 Å². The van der Waals surface area contributed by atoms with Crippen molar-refractivity contribution in [2.75, 3.05) is 20.7 Å². The van der Waals surface area contributed by atoms with Crippen molar-refractivity contribution in [2.45, 2.75) is 84.6 Å². The van der Waals surface area contributed by atoms with E-state index in [1.807, 2.05) is 32.9 Å². The van der Waals surface area contributed by atoms with Gasteiger partial charge < -0.3 is 9.94 Å². The molecule has 1 N–H and O–H groups in total. The molecule has 0 aromatic carbocycles. The molecule has 6 heteroatoms. The fourth-order valence-corrected chi connectivity index (χ4v) is 2.36. The number of hydrogen-bond acceptors (Lipinski definition) is 4. The van der Waals surface area contributed by atoms with Crippen LogP contribution in [0.15, 0.2) is 12.4 Å². The Balaban J connectivity index is 0.000000485. The molecule has 0 aliphatic carbocycles. The molecule has 0 bridgehead atoms. The summed E-state index contributed by atoms with van der Waals surface area (Å²) in [5.41, 5.74) is 0.0678. The van der Waals surface area contributed by atoms with Gasteiger partial charge in [0.25, 0.3) is 0 Å². The number of hydrogen-bond donors (Lipinski definition) is 1. The molecule has 152 valence electrons. The average molecular weight is 370 g/mol. The molecule has 0 amide bonds. The summed E-state index contributed by atoms with van der Waals surface area (Å²) in [4.78, 5) is 15.5. The summed E-state index contributed by atoms with van der Waals surface area (Å²) < 4.78 is 1.64. The molecule has 0 spiro atoms. The highest BCUT2D eigenvalue weighted by Gasteiger charge is 2.15. The Morgan fingerprint density at radius 1 is 1.15 bits per heavy atom. The van der Waals surface area contributed by atoms with Crippen LogP contribution in [0.25, 0.3) is 0 Å². The molecule has 6 nitrogen and oxygen atoms in total. The van der Waals surface area contributed by atoms with Gasteiger partial charge in [0.1, 0.15) is 0 Å². The smallest absolute Gasteiger partial charge is 0.338 e. The molecule has 0 unspecified atom stereocenters. The van der Waals surface area contributed by atoms with Gasteiger partial charge in [-0.25, -0.2) is 4.79 Å². The molecule has 1 aromatic rings. The number of aromatic carboxylic acids is 1. The maximum atomic E-state index is 10.5. The molecular weight excluding hydrogens is 330 g/mol. The van der Waals surface area contributed by atoms with E-state index in [2.05, 4.69) is 12.0 Å². The Kier molecular flexibility index (Phi) is 13.0. The van der Waals surface area contributed by atoms with Crippen molar-refractivity contribution in [3.63, 3.8) is 0 Å². The number of hydroxylamine groups is 2. The Bertz CT molecular complexity index is 481. The first-order chi connectivity index (χ1) is 12.2. The zero-order valence-corrected chi connectivity index (χ0v) is 17.6. The van der Waals surface area contributed by atoms with Crippen LogP contribution in [0.3, 0.4) is 0 Å². The fraction of sp³-hybridized carbons (Fsp3) is 0.800. The number of nitrogens with zero attached hydrogens (tertiary/aromatic N) is 3. The van der Waals surface area contributed by atoms with Crippen molar-refractivity contribution in [2.24, 2.45) is 0 Å². The molecule has 0 radical (unpaired) electrons. The molecule has 1 aromatic heterocycles. The number of carbonyl (C=O) groups is 1. The summed E-state index contributed by atoms with van der Waals surface area (Å²) in [6, 6.07) is 0. The number of rotatable bonds is 11. The minimum absolute atomic E-state index is 0.159. The predicted octanol–water partition coefficient (Wildman–Crippen LogP) is 4.96. The normalized spacial score (nSPS) is 11.3. The number of carboxylic acids is 1. The molecule has 0 fully saturated rings. The molecule has 1 heterocycles. The minimum atomic E-state index is -0.939. The SMILES string of the molecule is CC(C)(C)n1cc(C(=O)O)cn1.CCCCCCCCCCN(C)OC. The maximum absolute atomic E-state index is 10.5. The quantitative estimate of drug-likeness (QED) is 0.441. The summed E-state index contributed by atoms with van der Waals surface area (Å²) in [6.07, 6.45) is 13.9. The summed E-state index contributed by atoms with van der Waals surface area (Å²) in [5.74, 6) is -0.939. The average Bonchev–Trinajstić information content (AvgIpc) is 3.08. The van der Waals surface area contributed by atoms with Crippen LogP contribution in [-0.2, 0) is 10.4 Å². The molecule has 0 saturated heterocycles. The zero-order chi connectivity index (χ0) is 20.0. The Morgan fingerprint density at radius 3 is 2.08 bits per heavy atom. The third-order valence-corrected chi connectivity index (χ3v) is 4.16. The van der Waals surface area contributed by atoms with Crippen molar-refractivity contribution >= 4 is 5.97 Å². The number of carboxylic acid groups (broad SMARTS) is 1. The summed E-state index contributed by atoms with van der Waals surface area (Å²) in [7, 11) is 3.71. The molecule has 0 aliphatic rings. The van der Waals surface area contributed by atoms with E-state index in [-0.39, 0.29) is 11.1 Å². The first kappa shape index (κ1) is 24.6.